The van der Waals surface area contributed by atoms with E-state index in [-0.39, 0.29) is 5.41 Å². The maximum absolute atomic E-state index is 12.3. The molecule has 2 nitrogen and oxygen atoms in total. The van der Waals surface area contributed by atoms with Crippen LogP contribution in [0.5, 0.6) is 0 Å². The lowest BCUT2D eigenvalue weighted by Gasteiger charge is -2.27. The predicted octanol–water partition coefficient (Wildman–Crippen LogP) is 2.39. The van der Waals surface area contributed by atoms with Crippen LogP contribution in [0.3, 0.4) is 0 Å². The fourth-order valence-electron chi connectivity index (χ4n) is 2.23. The van der Waals surface area contributed by atoms with Gasteiger partial charge in [0.15, 0.2) is 0 Å². The minimum absolute atomic E-state index is 0.0924. The van der Waals surface area contributed by atoms with Gasteiger partial charge in [0.25, 0.3) is 0 Å². The number of alkyl halides is 3. The zero-order chi connectivity index (χ0) is 12.2. The van der Waals surface area contributed by atoms with E-state index < -0.39 is 12.7 Å². The second-order valence-electron chi connectivity index (χ2n) is 4.86. The molecule has 1 rings (SSSR count). The number of rotatable bonds is 7. The molecule has 96 valence electrons. The van der Waals surface area contributed by atoms with Crippen molar-refractivity contribution in [3.8, 4) is 0 Å². The highest BCUT2D eigenvalue weighted by molar-refractivity contribution is 4.95. The van der Waals surface area contributed by atoms with Gasteiger partial charge in [-0.3, -0.25) is 4.90 Å². The van der Waals surface area contributed by atoms with E-state index in [1.165, 1.54) is 4.90 Å². The summed E-state index contributed by atoms with van der Waals surface area (Å²) in [4.78, 5) is 1.53. The fourth-order valence-corrected chi connectivity index (χ4v) is 2.23. The molecule has 1 aliphatic carbocycles. The average Bonchev–Trinajstić information content (AvgIpc) is 2.82. The minimum atomic E-state index is -4.09. The maximum atomic E-state index is 12.3. The van der Waals surface area contributed by atoms with Gasteiger partial charge in [0.2, 0.25) is 0 Å². The molecule has 1 fully saturated rings. The fraction of sp³-hybridized carbons (Fsp3) is 1.00. The highest BCUT2D eigenvalue weighted by Crippen LogP contribution is 2.49. The van der Waals surface area contributed by atoms with Gasteiger partial charge in [0.05, 0.1) is 6.54 Å². The summed E-state index contributed by atoms with van der Waals surface area (Å²) in [5.41, 5.74) is 5.58. The lowest BCUT2D eigenvalue weighted by Crippen LogP contribution is -2.39. The summed E-state index contributed by atoms with van der Waals surface area (Å²) in [6.07, 6.45) is -0.418. The molecule has 1 aliphatic rings. The van der Waals surface area contributed by atoms with Crippen LogP contribution in [0.2, 0.25) is 0 Å². The second-order valence-corrected chi connectivity index (χ2v) is 4.86. The number of nitrogens with two attached hydrogens (primary N) is 1. The normalized spacial score (nSPS) is 19.1. The third kappa shape index (κ3) is 4.70. The van der Waals surface area contributed by atoms with Gasteiger partial charge in [0.1, 0.15) is 0 Å². The Morgan fingerprint density at radius 2 is 1.94 bits per heavy atom. The van der Waals surface area contributed by atoms with Crippen molar-refractivity contribution in [2.75, 3.05) is 26.2 Å². The van der Waals surface area contributed by atoms with Crippen LogP contribution < -0.4 is 5.73 Å². The Morgan fingerprint density at radius 1 is 1.31 bits per heavy atom. The molecule has 0 spiro atoms. The van der Waals surface area contributed by atoms with Crippen molar-refractivity contribution in [1.82, 2.24) is 4.90 Å². The molecular formula is C11H21F3N2. The Bertz CT molecular complexity index is 212. The summed E-state index contributed by atoms with van der Waals surface area (Å²) >= 11 is 0. The van der Waals surface area contributed by atoms with Gasteiger partial charge in [-0.1, -0.05) is 6.92 Å². The summed E-state index contributed by atoms with van der Waals surface area (Å²) in [6.45, 7) is 2.77. The van der Waals surface area contributed by atoms with Gasteiger partial charge in [0, 0.05) is 6.54 Å². The summed E-state index contributed by atoms with van der Waals surface area (Å²) in [5, 5.41) is 0. The average molecular weight is 238 g/mol. The molecule has 0 atom stereocenters. The molecule has 0 saturated heterocycles. The monoisotopic (exact) mass is 238 g/mol. The molecule has 0 bridgehead atoms. The summed E-state index contributed by atoms with van der Waals surface area (Å²) in [7, 11) is 0. The van der Waals surface area contributed by atoms with E-state index in [1.807, 2.05) is 6.92 Å². The zero-order valence-electron chi connectivity index (χ0n) is 9.82. The number of nitrogens with zero attached hydrogens (tertiary/aromatic N) is 1. The van der Waals surface area contributed by atoms with E-state index in [1.54, 1.807) is 0 Å². The quantitative estimate of drug-likeness (QED) is 0.738. The Labute approximate surface area is 95.0 Å². The second kappa shape index (κ2) is 5.36. The van der Waals surface area contributed by atoms with Crippen molar-refractivity contribution >= 4 is 0 Å². The third-order valence-electron chi connectivity index (χ3n) is 3.13. The summed E-state index contributed by atoms with van der Waals surface area (Å²) < 4.78 is 37.0. The summed E-state index contributed by atoms with van der Waals surface area (Å²) in [6, 6.07) is 0. The van der Waals surface area contributed by atoms with Gasteiger partial charge < -0.3 is 5.73 Å². The van der Waals surface area contributed by atoms with Gasteiger partial charge in [-0.15, -0.1) is 0 Å². The molecule has 0 radical (unpaired) electrons. The molecule has 5 heteroatoms. The van der Waals surface area contributed by atoms with E-state index in [9.17, 15) is 13.2 Å². The van der Waals surface area contributed by atoms with Crippen LogP contribution in [0.1, 0.15) is 32.6 Å². The molecule has 0 aromatic carbocycles. The first-order valence-electron chi connectivity index (χ1n) is 5.90. The van der Waals surface area contributed by atoms with Crippen LogP contribution in [-0.2, 0) is 0 Å². The molecular weight excluding hydrogens is 217 g/mol. The third-order valence-corrected chi connectivity index (χ3v) is 3.13. The number of halogens is 3. The Balaban J connectivity index is 2.44. The summed E-state index contributed by atoms with van der Waals surface area (Å²) in [5.74, 6) is 0. The van der Waals surface area contributed by atoms with E-state index in [0.29, 0.717) is 19.6 Å². The SMILES string of the molecule is CCCN(CC(F)(F)F)CC1(CCN)CC1. The minimum Gasteiger partial charge on any atom is -0.330 e. The van der Waals surface area contributed by atoms with Crippen LogP contribution in [0.25, 0.3) is 0 Å². The van der Waals surface area contributed by atoms with Crippen molar-refractivity contribution in [3.05, 3.63) is 0 Å². The molecule has 0 aliphatic heterocycles. The van der Waals surface area contributed by atoms with E-state index in [0.717, 1.165) is 25.7 Å². The maximum Gasteiger partial charge on any atom is 0.401 e. The lowest BCUT2D eigenvalue weighted by molar-refractivity contribution is -0.147. The van der Waals surface area contributed by atoms with Gasteiger partial charge >= 0.3 is 6.18 Å². The van der Waals surface area contributed by atoms with Crippen molar-refractivity contribution in [1.29, 1.82) is 0 Å². The van der Waals surface area contributed by atoms with Crippen LogP contribution in [0.4, 0.5) is 13.2 Å². The van der Waals surface area contributed by atoms with Crippen molar-refractivity contribution in [3.63, 3.8) is 0 Å². The number of hydrogen-bond acceptors (Lipinski definition) is 2. The van der Waals surface area contributed by atoms with Gasteiger partial charge in [-0.2, -0.15) is 13.2 Å². The highest BCUT2D eigenvalue weighted by Gasteiger charge is 2.44. The molecule has 0 heterocycles. The van der Waals surface area contributed by atoms with Crippen LogP contribution in [0, 0.1) is 5.41 Å². The largest absolute Gasteiger partial charge is 0.401 e. The molecule has 1 saturated carbocycles. The van der Waals surface area contributed by atoms with Crippen LogP contribution in [-0.4, -0.2) is 37.3 Å². The molecule has 16 heavy (non-hydrogen) atoms. The zero-order valence-corrected chi connectivity index (χ0v) is 9.82. The predicted molar refractivity (Wildman–Crippen MR) is 58.1 cm³/mol. The van der Waals surface area contributed by atoms with Gasteiger partial charge in [-0.05, 0) is 44.2 Å². The first-order chi connectivity index (χ1) is 7.41. The smallest absolute Gasteiger partial charge is 0.330 e. The van der Waals surface area contributed by atoms with Crippen molar-refractivity contribution < 1.29 is 13.2 Å². The van der Waals surface area contributed by atoms with Gasteiger partial charge in [-0.25, -0.2) is 0 Å². The van der Waals surface area contributed by atoms with E-state index >= 15 is 0 Å². The van der Waals surface area contributed by atoms with E-state index in [2.05, 4.69) is 0 Å². The molecule has 0 amide bonds. The Kier molecular flexibility index (Phi) is 4.62. The standard InChI is InChI=1S/C11H21F3N2/c1-2-7-16(9-11(12,13)14)8-10(3-4-10)5-6-15/h2-9,15H2,1H3. The first kappa shape index (κ1) is 13.8. The Morgan fingerprint density at radius 3 is 2.31 bits per heavy atom. The molecule has 0 aromatic rings. The van der Waals surface area contributed by atoms with Crippen LogP contribution in [0.15, 0.2) is 0 Å². The highest BCUT2D eigenvalue weighted by atomic mass is 19.4. The molecule has 2 N–H and O–H groups in total. The Hall–Kier alpha value is -0.290. The number of hydrogen-bond donors (Lipinski definition) is 1. The topological polar surface area (TPSA) is 29.3 Å². The van der Waals surface area contributed by atoms with Crippen molar-refractivity contribution in [2.24, 2.45) is 11.1 Å². The molecule has 0 aromatic heterocycles. The first-order valence-corrected chi connectivity index (χ1v) is 5.90. The van der Waals surface area contributed by atoms with Crippen LogP contribution >= 0.6 is 0 Å². The van der Waals surface area contributed by atoms with E-state index in [4.69, 9.17) is 5.73 Å². The lowest BCUT2D eigenvalue weighted by atomic mass is 10.0. The van der Waals surface area contributed by atoms with Crippen molar-refractivity contribution in [2.45, 2.75) is 38.8 Å². The molecule has 0 unspecified atom stereocenters.